The van der Waals surface area contributed by atoms with Gasteiger partial charge in [-0.2, -0.15) is 0 Å². The summed E-state index contributed by atoms with van der Waals surface area (Å²) in [6, 6.07) is 7.43. The van der Waals surface area contributed by atoms with E-state index < -0.39 is 0 Å². The van der Waals surface area contributed by atoms with Crippen LogP contribution in [0.3, 0.4) is 0 Å². The van der Waals surface area contributed by atoms with E-state index in [1.165, 1.54) is 0 Å². The van der Waals surface area contributed by atoms with Crippen LogP contribution in [0.15, 0.2) is 24.3 Å². The average Bonchev–Trinajstić information content (AvgIpc) is 2.84. The minimum Gasteiger partial charge on any atom is -0.491 e. The number of hydrogen-bond acceptors (Lipinski definition) is 3. The predicted molar refractivity (Wildman–Crippen MR) is 71.9 cm³/mol. The van der Waals surface area contributed by atoms with Crippen molar-refractivity contribution in [3.05, 3.63) is 24.3 Å². The van der Waals surface area contributed by atoms with Crippen molar-refractivity contribution < 1.29 is 9.53 Å². The molecule has 98 valence electrons. The lowest BCUT2D eigenvalue weighted by atomic mass is 10.2. The molecule has 0 unspecified atom stereocenters. The fourth-order valence-electron chi connectivity index (χ4n) is 2.03. The van der Waals surface area contributed by atoms with E-state index in [1.807, 2.05) is 38.1 Å². The Morgan fingerprint density at radius 3 is 2.67 bits per heavy atom. The van der Waals surface area contributed by atoms with Crippen LogP contribution in [0.25, 0.3) is 0 Å². The second-order valence-electron chi connectivity index (χ2n) is 4.83. The number of rotatable bonds is 4. The van der Waals surface area contributed by atoms with Gasteiger partial charge in [0, 0.05) is 5.69 Å². The third kappa shape index (κ3) is 3.47. The van der Waals surface area contributed by atoms with Crippen LogP contribution in [-0.2, 0) is 4.79 Å². The number of carbonyl (C=O) groups excluding carboxylic acids is 1. The standard InChI is InChI=1S/C14H20N2O2/c1-10(2)18-12-7-5-11(6-8-12)16-14(17)13-4-3-9-15-13/h5-8,10,13,15H,3-4,9H2,1-2H3,(H,16,17)/t13-/m0/s1. The molecule has 2 N–H and O–H groups in total. The van der Waals surface area contributed by atoms with E-state index in [0.717, 1.165) is 30.8 Å². The maximum Gasteiger partial charge on any atom is 0.241 e. The van der Waals surface area contributed by atoms with Crippen LogP contribution < -0.4 is 15.4 Å². The summed E-state index contributed by atoms with van der Waals surface area (Å²) in [4.78, 5) is 11.9. The van der Waals surface area contributed by atoms with Gasteiger partial charge in [0.25, 0.3) is 0 Å². The Kier molecular flexibility index (Phi) is 4.20. The summed E-state index contributed by atoms with van der Waals surface area (Å²) >= 11 is 0. The van der Waals surface area contributed by atoms with Crippen LogP contribution in [0.4, 0.5) is 5.69 Å². The Morgan fingerprint density at radius 1 is 1.39 bits per heavy atom. The first-order valence-corrected chi connectivity index (χ1v) is 6.46. The lowest BCUT2D eigenvalue weighted by Gasteiger charge is -2.12. The van der Waals surface area contributed by atoms with Crippen molar-refractivity contribution in [3.63, 3.8) is 0 Å². The second kappa shape index (κ2) is 5.87. The highest BCUT2D eigenvalue weighted by atomic mass is 16.5. The Morgan fingerprint density at radius 2 is 2.11 bits per heavy atom. The third-order valence-corrected chi connectivity index (χ3v) is 2.87. The van der Waals surface area contributed by atoms with Crippen molar-refractivity contribution in [3.8, 4) is 5.75 Å². The molecule has 1 aliphatic rings. The summed E-state index contributed by atoms with van der Waals surface area (Å²) in [6.07, 6.45) is 2.15. The molecule has 4 heteroatoms. The number of benzene rings is 1. The van der Waals surface area contributed by atoms with Crippen molar-refractivity contribution in [2.24, 2.45) is 0 Å². The van der Waals surface area contributed by atoms with E-state index in [4.69, 9.17) is 4.74 Å². The number of ether oxygens (including phenoxy) is 1. The molecule has 0 radical (unpaired) electrons. The van der Waals surface area contributed by atoms with Crippen molar-refractivity contribution in [2.45, 2.75) is 38.8 Å². The van der Waals surface area contributed by atoms with Gasteiger partial charge >= 0.3 is 0 Å². The summed E-state index contributed by atoms with van der Waals surface area (Å²) < 4.78 is 5.55. The number of anilines is 1. The highest BCUT2D eigenvalue weighted by Crippen LogP contribution is 2.17. The SMILES string of the molecule is CC(C)Oc1ccc(NC(=O)[C@@H]2CCCN2)cc1. The number of nitrogens with one attached hydrogen (secondary N) is 2. The molecule has 0 saturated carbocycles. The molecule has 1 aromatic carbocycles. The number of carbonyl (C=O) groups is 1. The lowest BCUT2D eigenvalue weighted by molar-refractivity contribution is -0.117. The van der Waals surface area contributed by atoms with Crippen molar-refractivity contribution in [1.82, 2.24) is 5.32 Å². The van der Waals surface area contributed by atoms with Gasteiger partial charge in [0.15, 0.2) is 0 Å². The zero-order valence-corrected chi connectivity index (χ0v) is 10.9. The Hall–Kier alpha value is -1.55. The summed E-state index contributed by atoms with van der Waals surface area (Å²) in [6.45, 7) is 4.90. The summed E-state index contributed by atoms with van der Waals surface area (Å²) in [5.74, 6) is 0.868. The molecule has 1 heterocycles. The van der Waals surface area contributed by atoms with E-state index in [0.29, 0.717) is 0 Å². The molecular formula is C14H20N2O2. The van der Waals surface area contributed by atoms with Crippen LogP contribution >= 0.6 is 0 Å². The van der Waals surface area contributed by atoms with Crippen LogP contribution in [-0.4, -0.2) is 24.6 Å². The fraction of sp³-hybridized carbons (Fsp3) is 0.500. The van der Waals surface area contributed by atoms with E-state index in [1.54, 1.807) is 0 Å². The zero-order chi connectivity index (χ0) is 13.0. The van der Waals surface area contributed by atoms with E-state index in [2.05, 4.69) is 10.6 Å². The van der Waals surface area contributed by atoms with Crippen molar-refractivity contribution in [1.29, 1.82) is 0 Å². The van der Waals surface area contributed by atoms with E-state index in [9.17, 15) is 4.79 Å². The molecule has 2 rings (SSSR count). The summed E-state index contributed by atoms with van der Waals surface area (Å²) in [5, 5.41) is 6.08. The van der Waals surface area contributed by atoms with Gasteiger partial charge in [-0.15, -0.1) is 0 Å². The average molecular weight is 248 g/mol. The Bertz CT molecular complexity index is 395. The highest BCUT2D eigenvalue weighted by Gasteiger charge is 2.21. The molecule has 18 heavy (non-hydrogen) atoms. The second-order valence-corrected chi connectivity index (χ2v) is 4.83. The maximum atomic E-state index is 11.9. The highest BCUT2D eigenvalue weighted by molar-refractivity contribution is 5.95. The van der Waals surface area contributed by atoms with Crippen LogP contribution in [0.1, 0.15) is 26.7 Å². The first kappa shape index (κ1) is 12.9. The van der Waals surface area contributed by atoms with E-state index >= 15 is 0 Å². The lowest BCUT2D eigenvalue weighted by Crippen LogP contribution is -2.35. The van der Waals surface area contributed by atoms with Gasteiger partial charge in [-0.3, -0.25) is 4.79 Å². The first-order chi connectivity index (χ1) is 8.65. The van der Waals surface area contributed by atoms with Gasteiger partial charge in [0.1, 0.15) is 5.75 Å². The monoisotopic (exact) mass is 248 g/mol. The predicted octanol–water partition coefficient (Wildman–Crippen LogP) is 2.16. The third-order valence-electron chi connectivity index (χ3n) is 2.87. The van der Waals surface area contributed by atoms with Gasteiger partial charge < -0.3 is 15.4 Å². The van der Waals surface area contributed by atoms with Gasteiger partial charge in [-0.1, -0.05) is 0 Å². The molecule has 0 aromatic heterocycles. The van der Waals surface area contributed by atoms with Gasteiger partial charge in [0.05, 0.1) is 12.1 Å². The van der Waals surface area contributed by atoms with Gasteiger partial charge in [-0.25, -0.2) is 0 Å². The topological polar surface area (TPSA) is 50.4 Å². The minimum absolute atomic E-state index is 0.0448. The van der Waals surface area contributed by atoms with Crippen LogP contribution in [0.5, 0.6) is 5.75 Å². The van der Waals surface area contributed by atoms with E-state index in [-0.39, 0.29) is 18.1 Å². The van der Waals surface area contributed by atoms with Crippen LogP contribution in [0, 0.1) is 0 Å². The minimum atomic E-state index is -0.0448. The maximum absolute atomic E-state index is 11.9. The van der Waals surface area contributed by atoms with Crippen LogP contribution in [0.2, 0.25) is 0 Å². The molecular weight excluding hydrogens is 228 g/mol. The summed E-state index contributed by atoms with van der Waals surface area (Å²) in [7, 11) is 0. The first-order valence-electron chi connectivity index (χ1n) is 6.46. The number of hydrogen-bond donors (Lipinski definition) is 2. The molecule has 0 bridgehead atoms. The largest absolute Gasteiger partial charge is 0.491 e. The molecule has 0 spiro atoms. The molecule has 1 amide bonds. The Balaban J connectivity index is 1.91. The number of amides is 1. The molecule has 1 aromatic rings. The quantitative estimate of drug-likeness (QED) is 0.858. The normalized spacial score (nSPS) is 18.9. The molecule has 1 aliphatic heterocycles. The van der Waals surface area contributed by atoms with Crippen molar-refractivity contribution in [2.75, 3.05) is 11.9 Å². The molecule has 4 nitrogen and oxygen atoms in total. The zero-order valence-electron chi connectivity index (χ0n) is 10.9. The van der Waals surface area contributed by atoms with Gasteiger partial charge in [0.2, 0.25) is 5.91 Å². The van der Waals surface area contributed by atoms with Crippen molar-refractivity contribution >= 4 is 11.6 Å². The fourth-order valence-corrected chi connectivity index (χ4v) is 2.03. The molecule has 1 atom stereocenters. The molecule has 0 aliphatic carbocycles. The smallest absolute Gasteiger partial charge is 0.241 e. The Labute approximate surface area is 108 Å². The summed E-state index contributed by atoms with van der Waals surface area (Å²) in [5.41, 5.74) is 0.810. The van der Waals surface area contributed by atoms with Gasteiger partial charge in [-0.05, 0) is 57.5 Å². The molecule has 1 saturated heterocycles. The molecule has 1 fully saturated rings.